The van der Waals surface area contributed by atoms with Crippen molar-refractivity contribution in [2.75, 3.05) is 27.2 Å². The predicted octanol–water partition coefficient (Wildman–Crippen LogP) is -0.549. The maximum atomic E-state index is 4.95. The number of likely N-dealkylation sites (N-methyl/N-ethyl adjacent to an activating group) is 1. The number of nitrogens with zero attached hydrogens (tertiary/aromatic N) is 1. The van der Waals surface area contributed by atoms with E-state index in [1.165, 1.54) is 0 Å². The molecule has 0 aromatic heterocycles. The molecule has 1 aliphatic heterocycles. The molecule has 3 heteroatoms. The minimum absolute atomic E-state index is 0.597. The summed E-state index contributed by atoms with van der Waals surface area (Å²) in [6.07, 6.45) is 0. The van der Waals surface area contributed by atoms with Gasteiger partial charge in [-0.05, 0) is 0 Å². The van der Waals surface area contributed by atoms with Gasteiger partial charge in [0.2, 0.25) is 0 Å². The monoisotopic (exact) mass is 116 g/mol. The normalized spacial score (nSPS) is 21.4. The summed E-state index contributed by atoms with van der Waals surface area (Å²) in [4.78, 5) is 4.95. The Morgan fingerprint density at radius 3 is 2.38 bits per heavy atom. The molecule has 0 spiro atoms. The maximum Gasteiger partial charge on any atom is 0.0598 e. The predicted molar refractivity (Wildman–Crippen MR) is 31.4 cm³/mol. The van der Waals surface area contributed by atoms with Crippen molar-refractivity contribution in [3.05, 3.63) is 0 Å². The zero-order valence-corrected chi connectivity index (χ0v) is 5.35. The first kappa shape index (κ1) is 6.01. The Labute approximate surface area is 49.6 Å². The fourth-order valence-electron chi connectivity index (χ4n) is 0.680. The van der Waals surface area contributed by atoms with Crippen LogP contribution in [0.4, 0.5) is 0 Å². The van der Waals surface area contributed by atoms with Crippen LogP contribution in [0, 0.1) is 0 Å². The smallest absolute Gasteiger partial charge is 0.0598 e. The van der Waals surface area contributed by atoms with Gasteiger partial charge in [-0.1, -0.05) is 0 Å². The van der Waals surface area contributed by atoms with Crippen molar-refractivity contribution < 1.29 is 4.84 Å². The van der Waals surface area contributed by atoms with Gasteiger partial charge in [-0.15, -0.1) is 0 Å². The first-order chi connectivity index (χ1) is 3.84. The van der Waals surface area contributed by atoms with Crippen molar-refractivity contribution in [2.24, 2.45) is 0 Å². The molecule has 0 radical (unpaired) electrons. The Kier molecular flexibility index (Phi) is 1.83. The molecule has 1 saturated heterocycles. The molecule has 0 aromatic carbocycles. The summed E-state index contributed by atoms with van der Waals surface area (Å²) in [5, 5.41) is 5.03. The topological polar surface area (TPSA) is 24.5 Å². The third-order valence-corrected chi connectivity index (χ3v) is 1.56. The van der Waals surface area contributed by atoms with Crippen LogP contribution in [0.2, 0.25) is 0 Å². The Balaban J connectivity index is 2.13. The fraction of sp³-hybridized carbons (Fsp3) is 1.00. The first-order valence-corrected chi connectivity index (χ1v) is 2.82. The zero-order valence-electron chi connectivity index (χ0n) is 5.35. The number of hydrogen-bond donors (Lipinski definition) is 1. The van der Waals surface area contributed by atoms with Gasteiger partial charge in [0.05, 0.1) is 13.2 Å². The summed E-state index contributed by atoms with van der Waals surface area (Å²) in [5.74, 6) is 0. The zero-order chi connectivity index (χ0) is 5.98. The van der Waals surface area contributed by atoms with E-state index in [1.54, 1.807) is 7.11 Å². The molecule has 0 unspecified atom stereocenters. The first-order valence-electron chi connectivity index (χ1n) is 2.82. The molecular formula is C5H12N2O. The molecule has 1 fully saturated rings. The molecule has 0 aliphatic carbocycles. The molecule has 0 bridgehead atoms. The van der Waals surface area contributed by atoms with Gasteiger partial charge in [0.1, 0.15) is 0 Å². The molecule has 1 aliphatic rings. The van der Waals surface area contributed by atoms with Crippen molar-refractivity contribution in [1.29, 1.82) is 0 Å². The molecular weight excluding hydrogens is 104 g/mol. The average Bonchev–Trinajstić information content (AvgIpc) is 1.62. The Morgan fingerprint density at radius 2 is 2.25 bits per heavy atom. The van der Waals surface area contributed by atoms with Crippen LogP contribution in [0.1, 0.15) is 0 Å². The second-order valence-electron chi connectivity index (χ2n) is 2.04. The van der Waals surface area contributed by atoms with Crippen LogP contribution in [0.5, 0.6) is 0 Å². The molecule has 1 rings (SSSR count). The van der Waals surface area contributed by atoms with Gasteiger partial charge < -0.3 is 10.2 Å². The molecule has 0 aromatic rings. The second-order valence-corrected chi connectivity index (χ2v) is 2.04. The SMILES string of the molecule is CON(C)C1CNC1. The van der Waals surface area contributed by atoms with E-state index in [9.17, 15) is 0 Å². The molecule has 48 valence electrons. The van der Waals surface area contributed by atoms with E-state index in [4.69, 9.17) is 4.84 Å². The Hall–Kier alpha value is -0.120. The van der Waals surface area contributed by atoms with Gasteiger partial charge in [-0.3, -0.25) is 0 Å². The highest BCUT2D eigenvalue weighted by Gasteiger charge is 2.20. The number of nitrogens with one attached hydrogen (secondary N) is 1. The van der Waals surface area contributed by atoms with Crippen LogP contribution in [-0.2, 0) is 4.84 Å². The van der Waals surface area contributed by atoms with E-state index in [0.29, 0.717) is 6.04 Å². The lowest BCUT2D eigenvalue weighted by Crippen LogP contribution is -2.55. The highest BCUT2D eigenvalue weighted by Crippen LogP contribution is 1.99. The molecule has 3 nitrogen and oxygen atoms in total. The minimum Gasteiger partial charge on any atom is -0.313 e. The van der Waals surface area contributed by atoms with E-state index in [0.717, 1.165) is 13.1 Å². The van der Waals surface area contributed by atoms with Crippen molar-refractivity contribution >= 4 is 0 Å². The number of hydroxylamine groups is 2. The summed E-state index contributed by atoms with van der Waals surface area (Å²) in [6, 6.07) is 0.597. The van der Waals surface area contributed by atoms with Gasteiger partial charge >= 0.3 is 0 Å². The number of hydrogen-bond acceptors (Lipinski definition) is 3. The van der Waals surface area contributed by atoms with Crippen molar-refractivity contribution in [2.45, 2.75) is 6.04 Å². The summed E-state index contributed by atoms with van der Waals surface area (Å²) < 4.78 is 0. The molecule has 8 heavy (non-hydrogen) atoms. The summed E-state index contributed by atoms with van der Waals surface area (Å²) in [7, 11) is 3.64. The van der Waals surface area contributed by atoms with Crippen LogP contribution in [0.3, 0.4) is 0 Å². The quantitative estimate of drug-likeness (QED) is 0.490. The maximum absolute atomic E-state index is 4.95. The standard InChI is InChI=1S/C5H12N2O/c1-7(8-2)5-3-6-4-5/h5-6H,3-4H2,1-2H3. The van der Waals surface area contributed by atoms with Crippen LogP contribution in [-0.4, -0.2) is 38.4 Å². The third kappa shape index (κ3) is 0.992. The van der Waals surface area contributed by atoms with Crippen molar-refractivity contribution in [3.63, 3.8) is 0 Å². The van der Waals surface area contributed by atoms with Crippen LogP contribution in [0.15, 0.2) is 0 Å². The largest absolute Gasteiger partial charge is 0.313 e. The molecule has 0 amide bonds. The summed E-state index contributed by atoms with van der Waals surface area (Å²) >= 11 is 0. The fourth-order valence-corrected chi connectivity index (χ4v) is 0.680. The Morgan fingerprint density at radius 1 is 1.62 bits per heavy atom. The van der Waals surface area contributed by atoms with E-state index in [2.05, 4.69) is 5.32 Å². The summed E-state index contributed by atoms with van der Waals surface area (Å²) in [6.45, 7) is 2.12. The van der Waals surface area contributed by atoms with Crippen LogP contribution >= 0.6 is 0 Å². The lowest BCUT2D eigenvalue weighted by molar-refractivity contribution is -0.151. The van der Waals surface area contributed by atoms with Gasteiger partial charge in [0, 0.05) is 20.1 Å². The minimum atomic E-state index is 0.597. The molecule has 1 N–H and O–H groups in total. The highest BCUT2D eigenvalue weighted by atomic mass is 16.7. The average molecular weight is 116 g/mol. The molecule has 0 saturated carbocycles. The van der Waals surface area contributed by atoms with Gasteiger partial charge in [-0.2, -0.15) is 5.06 Å². The lowest BCUT2D eigenvalue weighted by atomic mass is 10.2. The second kappa shape index (κ2) is 2.44. The highest BCUT2D eigenvalue weighted by molar-refractivity contribution is 4.78. The van der Waals surface area contributed by atoms with Crippen LogP contribution < -0.4 is 5.32 Å². The van der Waals surface area contributed by atoms with E-state index < -0.39 is 0 Å². The van der Waals surface area contributed by atoms with E-state index in [1.807, 2.05) is 12.1 Å². The molecule has 0 atom stereocenters. The van der Waals surface area contributed by atoms with E-state index >= 15 is 0 Å². The van der Waals surface area contributed by atoms with Gasteiger partial charge in [0.15, 0.2) is 0 Å². The van der Waals surface area contributed by atoms with E-state index in [-0.39, 0.29) is 0 Å². The van der Waals surface area contributed by atoms with Crippen LogP contribution in [0.25, 0.3) is 0 Å². The lowest BCUT2D eigenvalue weighted by Gasteiger charge is -2.33. The number of rotatable bonds is 2. The third-order valence-electron chi connectivity index (χ3n) is 1.56. The molecule has 1 heterocycles. The van der Waals surface area contributed by atoms with Gasteiger partial charge in [-0.25, -0.2) is 0 Å². The summed E-state index contributed by atoms with van der Waals surface area (Å²) in [5.41, 5.74) is 0. The van der Waals surface area contributed by atoms with Gasteiger partial charge in [0.25, 0.3) is 0 Å². The Bertz CT molecular complexity index is 70.1. The van der Waals surface area contributed by atoms with Crippen molar-refractivity contribution in [3.8, 4) is 0 Å². The van der Waals surface area contributed by atoms with Crippen molar-refractivity contribution in [1.82, 2.24) is 10.4 Å².